The van der Waals surface area contributed by atoms with Crippen molar-refractivity contribution in [2.75, 3.05) is 13.2 Å². The third kappa shape index (κ3) is 2.94. The summed E-state index contributed by atoms with van der Waals surface area (Å²) in [5, 5.41) is 16.4. The van der Waals surface area contributed by atoms with Crippen LogP contribution in [0.2, 0.25) is 0 Å². The molecule has 0 spiro atoms. The second-order valence-electron chi connectivity index (χ2n) is 7.00. The molecule has 2 N–H and O–H groups in total. The van der Waals surface area contributed by atoms with Crippen LogP contribution in [0.25, 0.3) is 11.5 Å². The molecule has 126 valence electrons. The molecular formula is C18H21N3O3. The van der Waals surface area contributed by atoms with E-state index in [0.29, 0.717) is 23.9 Å². The fourth-order valence-corrected chi connectivity index (χ4v) is 3.06. The van der Waals surface area contributed by atoms with Crippen LogP contribution in [-0.4, -0.2) is 34.3 Å². The Morgan fingerprint density at radius 2 is 2.04 bits per heavy atom. The third-order valence-electron chi connectivity index (χ3n) is 5.15. The van der Waals surface area contributed by atoms with E-state index in [1.807, 2.05) is 12.1 Å². The van der Waals surface area contributed by atoms with Gasteiger partial charge in [0.1, 0.15) is 0 Å². The van der Waals surface area contributed by atoms with Gasteiger partial charge < -0.3 is 14.9 Å². The van der Waals surface area contributed by atoms with E-state index in [9.17, 15) is 9.90 Å². The zero-order valence-electron chi connectivity index (χ0n) is 13.5. The van der Waals surface area contributed by atoms with E-state index in [0.717, 1.165) is 43.5 Å². The Morgan fingerprint density at radius 1 is 1.29 bits per heavy atom. The predicted molar refractivity (Wildman–Crippen MR) is 87.4 cm³/mol. The smallest absolute Gasteiger partial charge is 0.257 e. The molecule has 2 saturated carbocycles. The molecule has 2 aliphatic carbocycles. The number of hydrogen-bond acceptors (Lipinski definition) is 5. The SMILES string of the molecule is O=C(NCC1(CO)CCC1)c1ccc(-c2nc(C3CC3)no2)cc1. The van der Waals surface area contributed by atoms with Crippen molar-refractivity contribution < 1.29 is 14.4 Å². The lowest BCUT2D eigenvalue weighted by Gasteiger charge is -2.40. The highest BCUT2D eigenvalue weighted by molar-refractivity contribution is 5.94. The molecule has 2 aromatic rings. The molecule has 4 rings (SSSR count). The van der Waals surface area contributed by atoms with Gasteiger partial charge in [0.15, 0.2) is 5.82 Å². The van der Waals surface area contributed by atoms with Crippen molar-refractivity contribution >= 4 is 5.91 Å². The average molecular weight is 327 g/mol. The lowest BCUT2D eigenvalue weighted by molar-refractivity contribution is 0.0429. The van der Waals surface area contributed by atoms with Crippen LogP contribution in [-0.2, 0) is 0 Å². The third-order valence-corrected chi connectivity index (χ3v) is 5.15. The number of nitrogens with one attached hydrogen (secondary N) is 1. The summed E-state index contributed by atoms with van der Waals surface area (Å²) < 4.78 is 5.29. The van der Waals surface area contributed by atoms with Crippen molar-refractivity contribution in [3.8, 4) is 11.5 Å². The highest BCUT2D eigenvalue weighted by Gasteiger charge is 2.36. The molecular weight excluding hydrogens is 306 g/mol. The van der Waals surface area contributed by atoms with Crippen LogP contribution in [0.3, 0.4) is 0 Å². The first-order valence-corrected chi connectivity index (χ1v) is 8.52. The standard InChI is InChI=1S/C18H21N3O3/c22-11-18(8-1-9-18)10-19-16(23)13-4-6-14(7-5-13)17-20-15(21-24-17)12-2-3-12/h4-7,12,22H,1-3,8-11H2,(H,19,23). The largest absolute Gasteiger partial charge is 0.396 e. The highest BCUT2D eigenvalue weighted by Crippen LogP contribution is 2.40. The highest BCUT2D eigenvalue weighted by atomic mass is 16.5. The Morgan fingerprint density at radius 3 is 2.62 bits per heavy atom. The van der Waals surface area contributed by atoms with Crippen LogP contribution in [0.5, 0.6) is 0 Å². The quantitative estimate of drug-likeness (QED) is 0.851. The number of nitrogens with zero attached hydrogens (tertiary/aromatic N) is 2. The van der Waals surface area contributed by atoms with Gasteiger partial charge in [0.2, 0.25) is 0 Å². The average Bonchev–Trinajstić information content (AvgIpc) is 3.31. The molecule has 2 fully saturated rings. The molecule has 0 unspecified atom stereocenters. The minimum Gasteiger partial charge on any atom is -0.396 e. The number of rotatable bonds is 6. The van der Waals surface area contributed by atoms with E-state index >= 15 is 0 Å². The van der Waals surface area contributed by atoms with Gasteiger partial charge in [0.25, 0.3) is 11.8 Å². The maximum absolute atomic E-state index is 12.3. The maximum atomic E-state index is 12.3. The molecule has 6 heteroatoms. The second-order valence-corrected chi connectivity index (χ2v) is 7.00. The molecule has 6 nitrogen and oxygen atoms in total. The second kappa shape index (κ2) is 6.02. The van der Waals surface area contributed by atoms with Crippen LogP contribution in [0.15, 0.2) is 28.8 Å². The van der Waals surface area contributed by atoms with Crippen LogP contribution < -0.4 is 5.32 Å². The topological polar surface area (TPSA) is 88.2 Å². The van der Waals surface area contributed by atoms with Crippen LogP contribution in [0.1, 0.15) is 54.2 Å². The zero-order valence-corrected chi connectivity index (χ0v) is 13.5. The summed E-state index contributed by atoms with van der Waals surface area (Å²) in [5.41, 5.74) is 1.29. The first-order valence-electron chi connectivity index (χ1n) is 8.52. The molecule has 0 atom stereocenters. The Kier molecular flexibility index (Phi) is 3.84. The van der Waals surface area contributed by atoms with Gasteiger partial charge in [-0.3, -0.25) is 4.79 Å². The lowest BCUT2D eigenvalue weighted by Crippen LogP contribution is -2.44. The summed E-state index contributed by atoms with van der Waals surface area (Å²) in [4.78, 5) is 16.7. The molecule has 0 radical (unpaired) electrons. The predicted octanol–water partition coefficient (Wildman–Crippen LogP) is 2.51. The van der Waals surface area contributed by atoms with Crippen molar-refractivity contribution in [3.63, 3.8) is 0 Å². The minimum atomic E-state index is -0.120. The summed E-state index contributed by atoms with van der Waals surface area (Å²) >= 11 is 0. The molecule has 1 heterocycles. The Bertz CT molecular complexity index is 725. The summed E-state index contributed by atoms with van der Waals surface area (Å²) in [7, 11) is 0. The summed E-state index contributed by atoms with van der Waals surface area (Å²) in [6, 6.07) is 7.17. The van der Waals surface area contributed by atoms with Gasteiger partial charge in [-0.15, -0.1) is 0 Å². The van der Waals surface area contributed by atoms with Gasteiger partial charge in [0, 0.05) is 29.0 Å². The van der Waals surface area contributed by atoms with Gasteiger partial charge in [-0.25, -0.2) is 0 Å². The van der Waals surface area contributed by atoms with Crippen molar-refractivity contribution in [3.05, 3.63) is 35.7 Å². The number of amides is 1. The lowest BCUT2D eigenvalue weighted by atomic mass is 9.69. The van der Waals surface area contributed by atoms with E-state index in [-0.39, 0.29) is 17.9 Å². The fraction of sp³-hybridized carbons (Fsp3) is 0.500. The number of carbonyl (C=O) groups excluding carboxylic acids is 1. The molecule has 2 aliphatic rings. The van der Waals surface area contributed by atoms with E-state index in [4.69, 9.17) is 4.52 Å². The maximum Gasteiger partial charge on any atom is 0.257 e. The van der Waals surface area contributed by atoms with Crippen LogP contribution in [0.4, 0.5) is 0 Å². The molecule has 0 saturated heterocycles. The van der Waals surface area contributed by atoms with Crippen molar-refractivity contribution in [1.29, 1.82) is 0 Å². The van der Waals surface area contributed by atoms with E-state index in [1.54, 1.807) is 12.1 Å². The van der Waals surface area contributed by atoms with E-state index < -0.39 is 0 Å². The normalized spacial score (nSPS) is 18.9. The number of aliphatic hydroxyl groups is 1. The van der Waals surface area contributed by atoms with Crippen LogP contribution in [0, 0.1) is 5.41 Å². The monoisotopic (exact) mass is 327 g/mol. The molecule has 24 heavy (non-hydrogen) atoms. The van der Waals surface area contributed by atoms with Crippen molar-refractivity contribution in [1.82, 2.24) is 15.5 Å². The first-order chi connectivity index (χ1) is 11.7. The first kappa shape index (κ1) is 15.3. The Hall–Kier alpha value is -2.21. The van der Waals surface area contributed by atoms with E-state index in [2.05, 4.69) is 15.5 Å². The number of aromatic nitrogens is 2. The molecule has 1 aromatic carbocycles. The Balaban J connectivity index is 1.40. The molecule has 0 aliphatic heterocycles. The van der Waals surface area contributed by atoms with Gasteiger partial charge in [-0.05, 0) is 49.9 Å². The summed E-state index contributed by atoms with van der Waals surface area (Å²) in [5.74, 6) is 1.61. The number of benzene rings is 1. The van der Waals surface area contributed by atoms with Gasteiger partial charge in [-0.1, -0.05) is 11.6 Å². The molecule has 1 amide bonds. The number of carbonyl (C=O) groups is 1. The summed E-state index contributed by atoms with van der Waals surface area (Å²) in [6.45, 7) is 0.658. The van der Waals surface area contributed by atoms with Gasteiger partial charge >= 0.3 is 0 Å². The van der Waals surface area contributed by atoms with E-state index in [1.165, 1.54) is 0 Å². The number of aliphatic hydroxyl groups excluding tert-OH is 1. The molecule has 0 bridgehead atoms. The van der Waals surface area contributed by atoms with Gasteiger partial charge in [0.05, 0.1) is 6.61 Å². The van der Waals surface area contributed by atoms with Crippen LogP contribution >= 0.6 is 0 Å². The Labute approximate surface area is 140 Å². The van der Waals surface area contributed by atoms with Crippen molar-refractivity contribution in [2.45, 2.75) is 38.0 Å². The minimum absolute atomic E-state index is 0.113. The van der Waals surface area contributed by atoms with Gasteiger partial charge in [-0.2, -0.15) is 4.98 Å². The number of hydrogen-bond donors (Lipinski definition) is 2. The van der Waals surface area contributed by atoms with Crippen molar-refractivity contribution in [2.24, 2.45) is 5.41 Å². The molecule has 1 aromatic heterocycles. The zero-order chi connectivity index (χ0) is 16.6. The summed E-state index contributed by atoms with van der Waals surface area (Å²) in [6.07, 6.45) is 5.34. The fourth-order valence-electron chi connectivity index (χ4n) is 3.06.